The molecule has 1 fully saturated rings. The molecule has 0 radical (unpaired) electrons. The number of piperazine rings is 1. The lowest BCUT2D eigenvalue weighted by Crippen LogP contribution is -2.51. The molecular formula is C13H22N4O2S. The minimum Gasteiger partial charge on any atom is -0.304 e. The second-order valence-electron chi connectivity index (χ2n) is 5.16. The van der Waals surface area contributed by atoms with Gasteiger partial charge in [-0.15, -0.1) is 0 Å². The molecule has 1 aromatic heterocycles. The van der Waals surface area contributed by atoms with E-state index in [0.717, 1.165) is 18.8 Å². The van der Waals surface area contributed by atoms with E-state index in [9.17, 15) is 8.42 Å². The lowest BCUT2D eigenvalue weighted by atomic mass is 10.2. The van der Waals surface area contributed by atoms with Crippen LogP contribution in [-0.2, 0) is 10.2 Å². The van der Waals surface area contributed by atoms with Crippen LogP contribution >= 0.6 is 0 Å². The zero-order valence-corrected chi connectivity index (χ0v) is 13.0. The summed E-state index contributed by atoms with van der Waals surface area (Å²) < 4.78 is 28.2. The molecule has 1 aromatic rings. The second kappa shape index (κ2) is 6.17. The van der Waals surface area contributed by atoms with Crippen molar-refractivity contribution in [1.29, 1.82) is 0 Å². The van der Waals surface area contributed by atoms with Gasteiger partial charge in [-0.25, -0.2) is 0 Å². The fraction of sp³-hybridized carbons (Fsp3) is 0.615. The van der Waals surface area contributed by atoms with Crippen LogP contribution in [0.5, 0.6) is 0 Å². The first-order valence-electron chi connectivity index (χ1n) is 6.75. The molecule has 0 saturated carbocycles. The molecule has 6 nitrogen and oxygen atoms in total. The normalized spacial score (nSPS) is 20.2. The topological polar surface area (TPSA) is 56.8 Å². The third-order valence-electron chi connectivity index (χ3n) is 3.81. The Hall–Kier alpha value is -1.02. The fourth-order valence-electron chi connectivity index (χ4n) is 2.21. The number of nitrogens with zero attached hydrogens (tertiary/aromatic N) is 4. The number of rotatable bonds is 4. The molecular weight excluding hydrogens is 276 g/mol. The molecule has 0 bridgehead atoms. The largest absolute Gasteiger partial charge is 0.304 e. The van der Waals surface area contributed by atoms with Gasteiger partial charge in [0.05, 0.1) is 11.7 Å². The van der Waals surface area contributed by atoms with Crippen LogP contribution in [0, 0.1) is 0 Å². The van der Waals surface area contributed by atoms with E-state index >= 15 is 0 Å². The van der Waals surface area contributed by atoms with Gasteiger partial charge < -0.3 is 4.90 Å². The summed E-state index contributed by atoms with van der Waals surface area (Å²) in [4.78, 5) is 6.37. The molecule has 1 aliphatic heterocycles. The lowest BCUT2D eigenvalue weighted by molar-refractivity contribution is 0.210. The fourth-order valence-corrected chi connectivity index (χ4v) is 3.71. The summed E-state index contributed by atoms with van der Waals surface area (Å²) >= 11 is 0. The van der Waals surface area contributed by atoms with Crippen LogP contribution in [0.25, 0.3) is 0 Å². The summed E-state index contributed by atoms with van der Waals surface area (Å²) in [5.41, 5.74) is 0.757. The first kappa shape index (κ1) is 15.4. The van der Waals surface area contributed by atoms with Crippen molar-refractivity contribution >= 4 is 10.2 Å². The lowest BCUT2D eigenvalue weighted by Gasteiger charge is -2.35. The van der Waals surface area contributed by atoms with Gasteiger partial charge in [-0.1, -0.05) is 6.07 Å². The van der Waals surface area contributed by atoms with Crippen molar-refractivity contribution < 1.29 is 8.42 Å². The SMILES string of the molecule is CC(c1ccccn1)N(C)S(=O)(=O)N1CCN(C)CC1. The molecule has 1 saturated heterocycles. The average Bonchev–Trinajstić information content (AvgIpc) is 2.47. The van der Waals surface area contributed by atoms with Crippen LogP contribution < -0.4 is 0 Å². The minimum atomic E-state index is -3.43. The molecule has 0 amide bonds. The van der Waals surface area contributed by atoms with Crippen molar-refractivity contribution in [2.75, 3.05) is 40.3 Å². The molecule has 112 valence electrons. The highest BCUT2D eigenvalue weighted by molar-refractivity contribution is 7.86. The third-order valence-corrected chi connectivity index (χ3v) is 5.88. The molecule has 1 atom stereocenters. The highest BCUT2D eigenvalue weighted by Gasteiger charge is 2.32. The van der Waals surface area contributed by atoms with E-state index in [4.69, 9.17) is 0 Å². The Labute approximate surface area is 121 Å². The first-order valence-corrected chi connectivity index (χ1v) is 8.15. The predicted octanol–water partition coefficient (Wildman–Crippen LogP) is 0.567. The molecule has 2 rings (SSSR count). The Balaban J connectivity index is 2.13. The van der Waals surface area contributed by atoms with Gasteiger partial charge in [0, 0.05) is 39.4 Å². The first-order chi connectivity index (χ1) is 9.43. The second-order valence-corrected chi connectivity index (χ2v) is 7.14. The maximum Gasteiger partial charge on any atom is 0.282 e. The Kier molecular flexibility index (Phi) is 4.74. The van der Waals surface area contributed by atoms with Crippen molar-refractivity contribution in [3.63, 3.8) is 0 Å². The van der Waals surface area contributed by atoms with E-state index in [0.29, 0.717) is 13.1 Å². The van der Waals surface area contributed by atoms with Crippen LogP contribution in [0.1, 0.15) is 18.7 Å². The number of aromatic nitrogens is 1. The number of likely N-dealkylation sites (N-methyl/N-ethyl adjacent to an activating group) is 1. The zero-order chi connectivity index (χ0) is 14.8. The smallest absolute Gasteiger partial charge is 0.282 e. The van der Waals surface area contributed by atoms with Crippen LogP contribution in [0.3, 0.4) is 0 Å². The van der Waals surface area contributed by atoms with E-state index in [-0.39, 0.29) is 6.04 Å². The molecule has 7 heteroatoms. The zero-order valence-electron chi connectivity index (χ0n) is 12.2. The molecule has 0 aromatic carbocycles. The summed E-state index contributed by atoms with van der Waals surface area (Å²) in [6, 6.07) is 5.27. The molecule has 1 unspecified atom stereocenters. The van der Waals surface area contributed by atoms with Gasteiger partial charge in [0.15, 0.2) is 0 Å². The van der Waals surface area contributed by atoms with Gasteiger partial charge in [-0.3, -0.25) is 4.98 Å². The van der Waals surface area contributed by atoms with E-state index in [1.807, 2.05) is 32.2 Å². The Morgan fingerprint density at radius 2 is 1.90 bits per heavy atom. The molecule has 2 heterocycles. The van der Waals surface area contributed by atoms with Gasteiger partial charge in [-0.2, -0.15) is 17.0 Å². The number of pyridine rings is 1. The van der Waals surface area contributed by atoms with E-state index in [2.05, 4.69) is 9.88 Å². The van der Waals surface area contributed by atoms with Crippen molar-refractivity contribution in [2.24, 2.45) is 0 Å². The average molecular weight is 298 g/mol. The summed E-state index contributed by atoms with van der Waals surface area (Å²) in [6.45, 7) is 4.47. The summed E-state index contributed by atoms with van der Waals surface area (Å²) in [6.07, 6.45) is 1.68. The van der Waals surface area contributed by atoms with Gasteiger partial charge >= 0.3 is 0 Å². The molecule has 0 aliphatic carbocycles. The molecule has 1 aliphatic rings. The van der Waals surface area contributed by atoms with Crippen LogP contribution in [-0.4, -0.2) is 67.2 Å². The third kappa shape index (κ3) is 3.17. The van der Waals surface area contributed by atoms with Crippen LogP contribution in [0.4, 0.5) is 0 Å². The summed E-state index contributed by atoms with van der Waals surface area (Å²) in [5.74, 6) is 0. The Morgan fingerprint density at radius 3 is 2.45 bits per heavy atom. The monoisotopic (exact) mass is 298 g/mol. The predicted molar refractivity (Wildman–Crippen MR) is 78.4 cm³/mol. The highest BCUT2D eigenvalue weighted by atomic mass is 32.2. The minimum absolute atomic E-state index is 0.277. The van der Waals surface area contributed by atoms with Crippen LogP contribution in [0.15, 0.2) is 24.4 Å². The Morgan fingerprint density at radius 1 is 1.25 bits per heavy atom. The van der Waals surface area contributed by atoms with Gasteiger partial charge in [0.25, 0.3) is 10.2 Å². The number of hydrogen-bond donors (Lipinski definition) is 0. The van der Waals surface area contributed by atoms with Gasteiger partial charge in [0.1, 0.15) is 0 Å². The summed E-state index contributed by atoms with van der Waals surface area (Å²) in [5, 5.41) is 0. The summed E-state index contributed by atoms with van der Waals surface area (Å²) in [7, 11) is 0.189. The van der Waals surface area contributed by atoms with Crippen molar-refractivity contribution in [1.82, 2.24) is 18.5 Å². The quantitative estimate of drug-likeness (QED) is 0.815. The van der Waals surface area contributed by atoms with E-state index < -0.39 is 10.2 Å². The van der Waals surface area contributed by atoms with Gasteiger partial charge in [-0.05, 0) is 26.1 Å². The van der Waals surface area contributed by atoms with E-state index in [1.165, 1.54) is 4.31 Å². The maximum absolute atomic E-state index is 12.6. The standard InChI is InChI=1S/C13H22N4O2S/c1-12(13-6-4-5-7-14-13)16(3)20(18,19)17-10-8-15(2)9-11-17/h4-7,12H,8-11H2,1-3H3. The highest BCUT2D eigenvalue weighted by Crippen LogP contribution is 2.22. The maximum atomic E-state index is 12.6. The molecule has 0 N–H and O–H groups in total. The van der Waals surface area contributed by atoms with Gasteiger partial charge in [0.2, 0.25) is 0 Å². The molecule has 20 heavy (non-hydrogen) atoms. The van der Waals surface area contributed by atoms with Crippen molar-refractivity contribution in [2.45, 2.75) is 13.0 Å². The van der Waals surface area contributed by atoms with E-state index in [1.54, 1.807) is 17.5 Å². The van der Waals surface area contributed by atoms with Crippen molar-refractivity contribution in [3.8, 4) is 0 Å². The van der Waals surface area contributed by atoms with Crippen molar-refractivity contribution in [3.05, 3.63) is 30.1 Å². The Bertz CT molecular complexity index is 527. The molecule has 0 spiro atoms. The van der Waals surface area contributed by atoms with Crippen LogP contribution in [0.2, 0.25) is 0 Å². The number of hydrogen-bond acceptors (Lipinski definition) is 4.